The average molecular weight is 342 g/mol. The van der Waals surface area contributed by atoms with Crippen LogP contribution in [0.4, 0.5) is 0 Å². The molecule has 0 radical (unpaired) electrons. The minimum atomic E-state index is -0.536. The number of piperidine rings is 1. The summed E-state index contributed by atoms with van der Waals surface area (Å²) in [6.45, 7) is 0. The third-order valence-corrected chi connectivity index (χ3v) is 7.74. The Bertz CT molecular complexity index is 798. The van der Waals surface area contributed by atoms with E-state index >= 15 is 0 Å². The van der Waals surface area contributed by atoms with Crippen molar-refractivity contribution >= 4 is 0 Å². The topological polar surface area (TPSA) is 27.0 Å². The quantitative estimate of drug-likeness (QED) is 0.801. The van der Waals surface area contributed by atoms with Crippen molar-refractivity contribution in [1.82, 2.24) is 4.90 Å². The molecule has 2 nitrogen and oxygen atoms in total. The first kappa shape index (κ1) is 16.1. The fraction of sp³-hybridized carbons (Fsp3) is 0.458. The molecule has 1 aliphatic heterocycles. The summed E-state index contributed by atoms with van der Waals surface area (Å²) in [7, 11) is 2.31. The van der Waals surface area contributed by atoms with Gasteiger partial charge in [-0.25, -0.2) is 0 Å². The molecule has 2 heteroatoms. The zero-order chi connectivity index (χ0) is 17.8. The molecular weight excluding hydrogens is 316 g/mol. The molecule has 2 aliphatic carbocycles. The largest absolute Gasteiger partial charge is 0.299 e. The molecular formula is C24H26N2. The molecule has 2 saturated carbocycles. The van der Waals surface area contributed by atoms with Crippen LogP contribution in [0.2, 0.25) is 0 Å². The number of rotatable bonds is 4. The van der Waals surface area contributed by atoms with Crippen LogP contribution < -0.4 is 0 Å². The number of nitrogens with zero attached hydrogens (tertiary/aromatic N) is 2. The lowest BCUT2D eigenvalue weighted by molar-refractivity contribution is -0.174. The summed E-state index contributed by atoms with van der Waals surface area (Å²) < 4.78 is 0. The molecule has 26 heavy (non-hydrogen) atoms. The number of benzene rings is 2. The highest BCUT2D eigenvalue weighted by Crippen LogP contribution is 2.67. The predicted molar refractivity (Wildman–Crippen MR) is 104 cm³/mol. The second kappa shape index (κ2) is 5.69. The second-order valence-corrected chi connectivity index (χ2v) is 8.73. The number of hydrogen-bond donors (Lipinski definition) is 0. The Morgan fingerprint density at radius 1 is 1.04 bits per heavy atom. The predicted octanol–water partition coefficient (Wildman–Crippen LogP) is 4.76. The highest BCUT2D eigenvalue weighted by atomic mass is 15.3. The van der Waals surface area contributed by atoms with Gasteiger partial charge >= 0.3 is 0 Å². The van der Waals surface area contributed by atoms with Crippen LogP contribution in [-0.2, 0) is 5.41 Å². The Labute approximate surface area is 156 Å². The third-order valence-electron chi connectivity index (χ3n) is 7.74. The first-order chi connectivity index (χ1) is 12.7. The molecule has 0 bridgehead atoms. The highest BCUT2D eigenvalue weighted by Gasteiger charge is 2.68. The Balaban J connectivity index is 1.51. The lowest BCUT2D eigenvalue weighted by Crippen LogP contribution is -2.73. The normalized spacial score (nSPS) is 32.7. The number of likely N-dealkylation sites (tertiary alicyclic amines) is 1. The summed E-state index contributed by atoms with van der Waals surface area (Å²) in [6.07, 6.45) is 6.29. The van der Waals surface area contributed by atoms with E-state index in [1.54, 1.807) is 0 Å². The van der Waals surface area contributed by atoms with E-state index in [-0.39, 0.29) is 0 Å². The maximum absolute atomic E-state index is 10.4. The fourth-order valence-corrected chi connectivity index (χ4v) is 6.51. The average Bonchev–Trinajstić information content (AvgIpc) is 3.06. The zero-order valence-corrected chi connectivity index (χ0v) is 15.4. The second-order valence-electron chi connectivity index (χ2n) is 8.73. The smallest absolute Gasteiger partial charge is 0.107 e. The summed E-state index contributed by atoms with van der Waals surface area (Å²) in [5.74, 6) is 0.632. The molecule has 0 aromatic heterocycles. The van der Waals surface area contributed by atoms with Crippen molar-refractivity contribution in [3.63, 3.8) is 0 Å². The lowest BCUT2D eigenvalue weighted by Gasteiger charge is -2.67. The van der Waals surface area contributed by atoms with E-state index in [1.165, 1.54) is 25.7 Å². The highest BCUT2D eigenvalue weighted by molar-refractivity contribution is 5.46. The van der Waals surface area contributed by atoms with E-state index in [4.69, 9.17) is 0 Å². The van der Waals surface area contributed by atoms with Crippen molar-refractivity contribution in [2.45, 2.75) is 49.6 Å². The molecule has 1 saturated heterocycles. The van der Waals surface area contributed by atoms with Crippen molar-refractivity contribution < 1.29 is 0 Å². The van der Waals surface area contributed by atoms with Gasteiger partial charge < -0.3 is 0 Å². The lowest BCUT2D eigenvalue weighted by atomic mass is 9.53. The van der Waals surface area contributed by atoms with E-state index in [0.717, 1.165) is 29.6 Å². The van der Waals surface area contributed by atoms with Gasteiger partial charge in [-0.05, 0) is 56.2 Å². The fourth-order valence-electron chi connectivity index (χ4n) is 6.51. The SMILES string of the molecule is CN1[C@H]2CCC23C[C@@H](CC(C#N)(c2ccccc2)c2ccccc2)C[C@H]13. The van der Waals surface area contributed by atoms with Gasteiger partial charge in [0.25, 0.3) is 0 Å². The first-order valence-electron chi connectivity index (χ1n) is 9.94. The van der Waals surface area contributed by atoms with Crippen molar-refractivity contribution in [1.29, 1.82) is 5.26 Å². The molecule has 3 fully saturated rings. The van der Waals surface area contributed by atoms with Gasteiger partial charge in [-0.15, -0.1) is 0 Å². The third kappa shape index (κ3) is 2.01. The van der Waals surface area contributed by atoms with Gasteiger partial charge in [0.15, 0.2) is 0 Å². The van der Waals surface area contributed by atoms with E-state index in [1.807, 2.05) is 12.1 Å². The van der Waals surface area contributed by atoms with Crippen molar-refractivity contribution in [3.05, 3.63) is 71.8 Å². The minimum Gasteiger partial charge on any atom is -0.299 e. The van der Waals surface area contributed by atoms with Crippen LogP contribution in [0.1, 0.15) is 43.2 Å². The summed E-state index contributed by atoms with van der Waals surface area (Å²) >= 11 is 0. The molecule has 4 atom stereocenters. The summed E-state index contributed by atoms with van der Waals surface area (Å²) in [6, 6.07) is 25.2. The molecule has 1 unspecified atom stereocenters. The summed E-state index contributed by atoms with van der Waals surface area (Å²) in [5, 5.41) is 10.4. The molecule has 1 spiro atoms. The molecule has 0 N–H and O–H groups in total. The van der Waals surface area contributed by atoms with E-state index < -0.39 is 5.41 Å². The number of hydrogen-bond acceptors (Lipinski definition) is 2. The van der Waals surface area contributed by atoms with E-state index in [9.17, 15) is 5.26 Å². The number of nitriles is 1. The van der Waals surface area contributed by atoms with Crippen LogP contribution in [0.3, 0.4) is 0 Å². The van der Waals surface area contributed by atoms with Gasteiger partial charge in [-0.3, -0.25) is 4.90 Å². The zero-order valence-electron chi connectivity index (χ0n) is 15.4. The van der Waals surface area contributed by atoms with Crippen molar-refractivity contribution in [2.75, 3.05) is 7.05 Å². The summed E-state index contributed by atoms with van der Waals surface area (Å²) in [5.41, 5.74) is 2.34. The van der Waals surface area contributed by atoms with Crippen LogP contribution >= 0.6 is 0 Å². The van der Waals surface area contributed by atoms with E-state index in [2.05, 4.69) is 66.5 Å². The molecule has 1 heterocycles. The van der Waals surface area contributed by atoms with Gasteiger partial charge in [0.2, 0.25) is 0 Å². The Morgan fingerprint density at radius 2 is 1.65 bits per heavy atom. The van der Waals surface area contributed by atoms with Crippen molar-refractivity contribution in [3.8, 4) is 6.07 Å². The molecule has 2 aromatic rings. The van der Waals surface area contributed by atoms with Crippen LogP contribution in [0.25, 0.3) is 0 Å². The molecule has 3 aliphatic rings. The van der Waals surface area contributed by atoms with Gasteiger partial charge in [0, 0.05) is 17.5 Å². The molecule has 2 aromatic carbocycles. The van der Waals surface area contributed by atoms with Crippen LogP contribution in [0.5, 0.6) is 0 Å². The van der Waals surface area contributed by atoms with Crippen LogP contribution in [0, 0.1) is 22.7 Å². The molecule has 5 rings (SSSR count). The Hall–Kier alpha value is -2.11. The molecule has 0 amide bonds. The van der Waals surface area contributed by atoms with Gasteiger partial charge in [0.1, 0.15) is 5.41 Å². The Kier molecular flexibility index (Phi) is 3.52. The van der Waals surface area contributed by atoms with Crippen LogP contribution in [-0.4, -0.2) is 24.0 Å². The van der Waals surface area contributed by atoms with E-state index in [0.29, 0.717) is 11.3 Å². The maximum Gasteiger partial charge on any atom is 0.107 e. The molecule has 132 valence electrons. The van der Waals surface area contributed by atoms with Gasteiger partial charge in [0.05, 0.1) is 6.07 Å². The first-order valence-corrected chi connectivity index (χ1v) is 9.94. The monoisotopic (exact) mass is 342 g/mol. The van der Waals surface area contributed by atoms with Gasteiger partial charge in [-0.1, -0.05) is 60.7 Å². The Morgan fingerprint density at radius 3 is 2.12 bits per heavy atom. The standard InChI is InChI=1S/C24H26N2/c1-26-21-12-13-23(21)15-18(14-22(23)26)16-24(17-25,19-8-4-2-5-9-19)20-10-6-3-7-11-20/h2-11,18,21-22H,12-16H2,1H3/t18-,21-,22-,23?/m0/s1. The van der Waals surface area contributed by atoms with Gasteiger partial charge in [-0.2, -0.15) is 5.26 Å². The minimum absolute atomic E-state index is 0.536. The summed E-state index contributed by atoms with van der Waals surface area (Å²) in [4.78, 5) is 2.61. The maximum atomic E-state index is 10.4. The van der Waals surface area contributed by atoms with Crippen molar-refractivity contribution in [2.24, 2.45) is 11.3 Å². The van der Waals surface area contributed by atoms with Crippen LogP contribution in [0.15, 0.2) is 60.7 Å².